The van der Waals surface area contributed by atoms with Crippen LogP contribution in [0.4, 0.5) is 13.2 Å². The summed E-state index contributed by atoms with van der Waals surface area (Å²) in [5, 5.41) is -1.14. The Morgan fingerprint density at radius 2 is 2.07 bits per heavy atom. The van der Waals surface area contributed by atoms with Gasteiger partial charge in [-0.3, -0.25) is 9.59 Å². The zero-order valence-electron chi connectivity index (χ0n) is 6.48. The lowest BCUT2D eigenvalue weighted by molar-refractivity contribution is 0.107. The van der Waals surface area contributed by atoms with Crippen molar-refractivity contribution in [1.82, 2.24) is 4.98 Å². The van der Waals surface area contributed by atoms with Gasteiger partial charge in [-0.1, -0.05) is 0 Å². The molecule has 0 radical (unpaired) electrons. The molecule has 0 atom stereocenters. The van der Waals surface area contributed by atoms with E-state index in [9.17, 15) is 22.8 Å². The summed E-state index contributed by atoms with van der Waals surface area (Å²) in [5.41, 5.74) is -3.10. The van der Waals surface area contributed by atoms with Crippen molar-refractivity contribution in [1.29, 1.82) is 0 Å². The quantitative estimate of drug-likeness (QED) is 0.781. The number of nitrogens with one attached hydrogen (secondary N) is 1. The summed E-state index contributed by atoms with van der Waals surface area (Å²) >= 11 is 4.93. The minimum Gasteiger partial charge on any atom is -0.316 e. The average molecular weight is 226 g/mol. The normalized spacial score (nSPS) is 10.6. The fourth-order valence-corrected chi connectivity index (χ4v) is 0.930. The van der Waals surface area contributed by atoms with Crippen molar-refractivity contribution in [2.24, 2.45) is 0 Å². The number of carbonyl (C=O) groups excluding carboxylic acids is 1. The van der Waals surface area contributed by atoms with Crippen LogP contribution in [0.15, 0.2) is 10.9 Å². The fraction of sp³-hybridized carbons (Fsp3) is 0.143. The third-order valence-corrected chi connectivity index (χ3v) is 1.65. The van der Waals surface area contributed by atoms with Crippen LogP contribution in [0, 0.1) is 5.82 Å². The molecule has 14 heavy (non-hydrogen) atoms. The molecule has 7 heteroatoms. The van der Waals surface area contributed by atoms with Crippen LogP contribution in [0.3, 0.4) is 0 Å². The topological polar surface area (TPSA) is 49.9 Å². The third kappa shape index (κ3) is 1.95. The highest BCUT2D eigenvalue weighted by Gasteiger charge is 2.19. The average Bonchev–Trinajstić information content (AvgIpc) is 2.08. The number of carbonyl (C=O) groups is 1. The van der Waals surface area contributed by atoms with Gasteiger partial charge in [-0.2, -0.15) is 0 Å². The molecule has 1 rings (SSSR count). The number of aromatic amines is 1. The lowest BCUT2D eigenvalue weighted by Gasteiger charge is -2.01. The maximum atomic E-state index is 12.7. The maximum Gasteiger partial charge on any atom is 0.285 e. The van der Waals surface area contributed by atoms with Gasteiger partial charge in [0.15, 0.2) is 5.82 Å². The standard InChI is InChI=1S/C7H3ClF3NO2/c8-5(13)3-1-2(6(10)11)4(9)7(14)12-3/h1,6H,(H,12,14). The monoisotopic (exact) mass is 225 g/mol. The highest BCUT2D eigenvalue weighted by atomic mass is 35.5. The molecule has 0 aliphatic heterocycles. The van der Waals surface area contributed by atoms with Crippen LogP contribution < -0.4 is 5.56 Å². The molecule has 0 saturated heterocycles. The Kier molecular flexibility index (Phi) is 2.95. The molecule has 0 spiro atoms. The van der Waals surface area contributed by atoms with Gasteiger partial charge in [-0.15, -0.1) is 0 Å². The van der Waals surface area contributed by atoms with Gasteiger partial charge in [-0.05, 0) is 17.7 Å². The molecule has 0 fully saturated rings. The van der Waals surface area contributed by atoms with Gasteiger partial charge in [0.1, 0.15) is 5.69 Å². The summed E-state index contributed by atoms with van der Waals surface area (Å²) < 4.78 is 36.9. The largest absolute Gasteiger partial charge is 0.316 e. The Bertz CT molecular complexity index is 429. The van der Waals surface area contributed by atoms with E-state index in [4.69, 9.17) is 11.6 Å². The van der Waals surface area contributed by atoms with Crippen molar-refractivity contribution < 1.29 is 18.0 Å². The van der Waals surface area contributed by atoms with E-state index in [-0.39, 0.29) is 0 Å². The maximum absolute atomic E-state index is 12.7. The molecule has 0 amide bonds. The number of pyridine rings is 1. The Morgan fingerprint density at radius 1 is 1.50 bits per heavy atom. The fourth-order valence-electron chi connectivity index (χ4n) is 0.828. The Morgan fingerprint density at radius 3 is 2.50 bits per heavy atom. The van der Waals surface area contributed by atoms with Crippen molar-refractivity contribution in [2.45, 2.75) is 6.43 Å². The number of aromatic nitrogens is 1. The van der Waals surface area contributed by atoms with Crippen molar-refractivity contribution in [2.75, 3.05) is 0 Å². The predicted octanol–water partition coefficient (Wildman–Crippen LogP) is 1.83. The summed E-state index contributed by atoms with van der Waals surface area (Å²) in [5.74, 6) is -1.61. The minimum absolute atomic E-state index is 0.511. The lowest BCUT2D eigenvalue weighted by Crippen LogP contribution is -2.17. The minimum atomic E-state index is -3.17. The van der Waals surface area contributed by atoms with E-state index in [2.05, 4.69) is 0 Å². The van der Waals surface area contributed by atoms with Crippen molar-refractivity contribution in [3.05, 3.63) is 33.5 Å². The van der Waals surface area contributed by atoms with Gasteiger partial charge < -0.3 is 4.98 Å². The van der Waals surface area contributed by atoms with Gasteiger partial charge in [0, 0.05) is 0 Å². The molecule has 0 saturated carbocycles. The van der Waals surface area contributed by atoms with Crippen molar-refractivity contribution >= 4 is 16.8 Å². The van der Waals surface area contributed by atoms with Crippen LogP contribution in [0.1, 0.15) is 22.5 Å². The second kappa shape index (κ2) is 3.83. The first-order valence-corrected chi connectivity index (χ1v) is 3.72. The highest BCUT2D eigenvalue weighted by molar-refractivity contribution is 6.67. The van der Waals surface area contributed by atoms with Crippen LogP contribution in [0.2, 0.25) is 0 Å². The Hall–Kier alpha value is -1.30. The van der Waals surface area contributed by atoms with Crippen LogP contribution in [0.25, 0.3) is 0 Å². The summed E-state index contributed by atoms with van der Waals surface area (Å²) in [4.78, 5) is 22.9. The molecule has 0 aliphatic carbocycles. The van der Waals surface area contributed by atoms with Crippen LogP contribution in [-0.2, 0) is 0 Å². The first-order valence-electron chi connectivity index (χ1n) is 3.34. The molecular weight excluding hydrogens is 223 g/mol. The molecule has 1 heterocycles. The number of hydrogen-bond donors (Lipinski definition) is 1. The van der Waals surface area contributed by atoms with Crippen LogP contribution >= 0.6 is 11.6 Å². The lowest BCUT2D eigenvalue weighted by atomic mass is 10.2. The molecule has 1 aromatic rings. The second-order valence-corrected chi connectivity index (χ2v) is 2.70. The number of halogens is 4. The van der Waals surface area contributed by atoms with Crippen molar-refractivity contribution in [3.63, 3.8) is 0 Å². The first kappa shape index (κ1) is 10.8. The predicted molar refractivity (Wildman–Crippen MR) is 42.2 cm³/mol. The van der Waals surface area contributed by atoms with Crippen molar-refractivity contribution in [3.8, 4) is 0 Å². The summed E-state index contributed by atoms with van der Waals surface area (Å²) in [6.45, 7) is 0. The smallest absolute Gasteiger partial charge is 0.285 e. The van der Waals surface area contributed by atoms with E-state index >= 15 is 0 Å². The molecule has 1 N–H and O–H groups in total. The Labute approximate surface area is 80.5 Å². The van der Waals surface area contributed by atoms with E-state index in [1.807, 2.05) is 0 Å². The SMILES string of the molecule is O=C(Cl)c1cc(C(F)F)c(F)c(=O)[nH]1. The van der Waals surface area contributed by atoms with Gasteiger partial charge in [0.25, 0.3) is 17.2 Å². The number of rotatable bonds is 2. The number of H-pyrrole nitrogens is 1. The summed E-state index contributed by atoms with van der Waals surface area (Å²) in [6.07, 6.45) is -3.17. The zero-order valence-corrected chi connectivity index (χ0v) is 7.24. The van der Waals surface area contributed by atoms with Crippen LogP contribution in [-0.4, -0.2) is 10.2 Å². The number of hydrogen-bond acceptors (Lipinski definition) is 2. The van der Waals surface area contributed by atoms with Crippen LogP contribution in [0.5, 0.6) is 0 Å². The molecule has 0 aromatic carbocycles. The van der Waals surface area contributed by atoms with Gasteiger partial charge in [-0.25, -0.2) is 13.2 Å². The number of alkyl halides is 2. The molecule has 3 nitrogen and oxygen atoms in total. The van der Waals surface area contributed by atoms with Gasteiger partial charge >= 0.3 is 0 Å². The molecule has 1 aromatic heterocycles. The summed E-state index contributed by atoms with van der Waals surface area (Å²) in [6, 6.07) is 0.511. The zero-order chi connectivity index (χ0) is 10.9. The Balaban J connectivity index is 3.43. The molecule has 76 valence electrons. The van der Waals surface area contributed by atoms with E-state index < -0.39 is 34.3 Å². The molecule has 0 bridgehead atoms. The third-order valence-electron chi connectivity index (χ3n) is 1.45. The van der Waals surface area contributed by atoms with Gasteiger partial charge in [0.2, 0.25) is 0 Å². The van der Waals surface area contributed by atoms with Gasteiger partial charge in [0.05, 0.1) is 5.56 Å². The van der Waals surface area contributed by atoms with E-state index in [1.165, 1.54) is 0 Å². The van der Waals surface area contributed by atoms with E-state index in [0.29, 0.717) is 6.07 Å². The van der Waals surface area contributed by atoms with E-state index in [0.717, 1.165) is 0 Å². The summed E-state index contributed by atoms with van der Waals surface area (Å²) in [7, 11) is 0. The molecular formula is C7H3ClF3NO2. The van der Waals surface area contributed by atoms with E-state index in [1.54, 1.807) is 4.98 Å². The highest BCUT2D eigenvalue weighted by Crippen LogP contribution is 2.20. The molecule has 0 unspecified atom stereocenters. The first-order chi connectivity index (χ1) is 6.43. The second-order valence-electron chi connectivity index (χ2n) is 2.36. The molecule has 0 aliphatic rings.